The Morgan fingerprint density at radius 1 is 1.36 bits per heavy atom. The molecule has 0 atom stereocenters. The van der Waals surface area contributed by atoms with Crippen molar-refractivity contribution < 1.29 is 4.74 Å². The second kappa shape index (κ2) is 5.73. The maximum absolute atomic E-state index is 5.74. The Labute approximate surface area is 133 Å². The highest BCUT2D eigenvalue weighted by Crippen LogP contribution is 2.26. The molecule has 0 spiro atoms. The van der Waals surface area contributed by atoms with Crippen LogP contribution < -0.4 is 10.5 Å². The van der Waals surface area contributed by atoms with Crippen molar-refractivity contribution in [2.75, 3.05) is 7.11 Å². The quantitative estimate of drug-likeness (QED) is 0.750. The summed E-state index contributed by atoms with van der Waals surface area (Å²) in [5, 5.41) is 0. The molecule has 0 aliphatic carbocycles. The van der Waals surface area contributed by atoms with Crippen LogP contribution in [0, 0.1) is 6.92 Å². The first-order valence-electron chi connectivity index (χ1n) is 6.84. The van der Waals surface area contributed by atoms with E-state index < -0.39 is 0 Å². The van der Waals surface area contributed by atoms with Crippen LogP contribution in [0.3, 0.4) is 0 Å². The second-order valence-corrected chi connectivity index (χ2v) is 5.60. The molecule has 0 unspecified atom stereocenters. The van der Waals surface area contributed by atoms with E-state index in [9.17, 15) is 0 Å². The van der Waals surface area contributed by atoms with Crippen LogP contribution in [0.4, 0.5) is 0 Å². The van der Waals surface area contributed by atoms with Gasteiger partial charge in [-0.2, -0.15) is 0 Å². The van der Waals surface area contributed by atoms with Gasteiger partial charge in [-0.3, -0.25) is 0 Å². The number of methoxy groups -OCH3 is 1. The molecule has 22 heavy (non-hydrogen) atoms. The molecule has 6 heteroatoms. The van der Waals surface area contributed by atoms with Crippen molar-refractivity contribution in [2.45, 2.75) is 13.5 Å². The molecule has 0 saturated carbocycles. The summed E-state index contributed by atoms with van der Waals surface area (Å²) < 4.78 is 7.22. The normalized spacial score (nSPS) is 10.8. The minimum absolute atomic E-state index is 0.394. The maximum atomic E-state index is 5.74. The number of hydrogen-bond acceptors (Lipinski definition) is 4. The maximum Gasteiger partial charge on any atom is 0.160 e. The third kappa shape index (κ3) is 2.65. The first-order chi connectivity index (χ1) is 10.6. The fourth-order valence-electron chi connectivity index (χ4n) is 2.40. The third-order valence-corrected chi connectivity index (χ3v) is 3.49. The number of pyridine rings is 1. The Morgan fingerprint density at radius 3 is 2.91 bits per heavy atom. The van der Waals surface area contributed by atoms with Crippen molar-refractivity contribution in [1.29, 1.82) is 0 Å². The van der Waals surface area contributed by atoms with Crippen LogP contribution in [0.2, 0.25) is 0 Å². The molecular weight excluding hydrogens is 296 g/mol. The minimum atomic E-state index is 0.394. The summed E-state index contributed by atoms with van der Waals surface area (Å²) in [5.41, 5.74) is 9.34. The van der Waals surface area contributed by atoms with Crippen molar-refractivity contribution in [3.8, 4) is 17.1 Å². The van der Waals surface area contributed by atoms with E-state index in [-0.39, 0.29) is 0 Å². The second-order valence-electron chi connectivity index (χ2n) is 5.08. The van der Waals surface area contributed by atoms with Gasteiger partial charge in [0, 0.05) is 11.8 Å². The average molecular weight is 312 g/mol. The Morgan fingerprint density at radius 2 is 2.18 bits per heavy atom. The summed E-state index contributed by atoms with van der Waals surface area (Å²) >= 11 is 5.07. The van der Waals surface area contributed by atoms with Crippen LogP contribution in [0.15, 0.2) is 36.5 Å². The van der Waals surface area contributed by atoms with Crippen LogP contribution in [0.25, 0.3) is 22.6 Å². The number of thiocarbonyl (C=S) groups is 1. The van der Waals surface area contributed by atoms with Crippen LogP contribution in [0.1, 0.15) is 5.56 Å². The van der Waals surface area contributed by atoms with Crippen LogP contribution in [0.5, 0.6) is 5.75 Å². The van der Waals surface area contributed by atoms with Crippen molar-refractivity contribution in [3.05, 3.63) is 42.1 Å². The molecule has 5 nitrogen and oxygen atoms in total. The van der Waals surface area contributed by atoms with E-state index in [0.717, 1.165) is 33.9 Å². The van der Waals surface area contributed by atoms with Gasteiger partial charge in [-0.15, -0.1) is 0 Å². The summed E-state index contributed by atoms with van der Waals surface area (Å²) in [7, 11) is 1.64. The molecule has 2 aromatic heterocycles. The molecule has 0 radical (unpaired) electrons. The van der Waals surface area contributed by atoms with E-state index in [1.165, 1.54) is 0 Å². The van der Waals surface area contributed by atoms with Gasteiger partial charge in [-0.25, -0.2) is 9.97 Å². The lowest BCUT2D eigenvalue weighted by atomic mass is 10.2. The van der Waals surface area contributed by atoms with Crippen LogP contribution in [-0.2, 0) is 6.54 Å². The molecule has 0 aliphatic rings. The molecule has 1 aromatic carbocycles. The van der Waals surface area contributed by atoms with E-state index in [0.29, 0.717) is 11.5 Å². The van der Waals surface area contributed by atoms with Crippen LogP contribution in [-0.4, -0.2) is 26.6 Å². The van der Waals surface area contributed by atoms with Crippen molar-refractivity contribution in [2.24, 2.45) is 5.73 Å². The van der Waals surface area contributed by atoms with Gasteiger partial charge in [-0.05, 0) is 30.7 Å². The lowest BCUT2D eigenvalue weighted by molar-refractivity contribution is 0.415. The summed E-state index contributed by atoms with van der Waals surface area (Å²) in [5.74, 6) is 1.55. The number of rotatable bonds is 4. The van der Waals surface area contributed by atoms with Gasteiger partial charge < -0.3 is 15.0 Å². The Kier molecular flexibility index (Phi) is 3.77. The number of hydrogen-bond donors (Lipinski definition) is 1. The fraction of sp³-hybridized carbons (Fsp3) is 0.188. The number of imidazole rings is 1. The number of aryl methyl sites for hydroxylation is 1. The molecule has 0 saturated heterocycles. The van der Waals surface area contributed by atoms with Gasteiger partial charge >= 0.3 is 0 Å². The zero-order valence-electron chi connectivity index (χ0n) is 12.4. The average Bonchev–Trinajstić information content (AvgIpc) is 2.84. The monoisotopic (exact) mass is 312 g/mol. The molecule has 112 valence electrons. The first kappa shape index (κ1) is 14.5. The zero-order chi connectivity index (χ0) is 15.7. The molecule has 0 fully saturated rings. The Hall–Kier alpha value is -2.47. The summed E-state index contributed by atoms with van der Waals surface area (Å²) in [6.45, 7) is 2.39. The molecule has 0 aliphatic heterocycles. The van der Waals surface area contributed by atoms with Crippen LogP contribution >= 0.6 is 12.2 Å². The molecule has 0 amide bonds. The first-order valence-corrected chi connectivity index (χ1v) is 7.25. The molecule has 2 N–H and O–H groups in total. The lowest BCUT2D eigenvalue weighted by Crippen LogP contribution is -2.17. The SMILES string of the molecule is COc1cccc(-c2nc3cc(C)cnc3n2CC(N)=S)c1. The number of ether oxygens (including phenoxy) is 1. The Balaban J connectivity index is 2.24. The molecular formula is C16H16N4OS. The zero-order valence-corrected chi connectivity index (χ0v) is 13.2. The number of fused-ring (bicyclic) bond motifs is 1. The van der Waals surface area contributed by atoms with Crippen molar-refractivity contribution in [1.82, 2.24) is 14.5 Å². The molecule has 2 heterocycles. The van der Waals surface area contributed by atoms with Gasteiger partial charge in [-0.1, -0.05) is 24.4 Å². The number of nitrogens with two attached hydrogens (primary N) is 1. The predicted octanol–water partition coefficient (Wildman–Crippen LogP) is 2.70. The molecule has 3 rings (SSSR count). The third-order valence-electron chi connectivity index (χ3n) is 3.36. The molecule has 0 bridgehead atoms. The summed E-state index contributed by atoms with van der Waals surface area (Å²) in [6.07, 6.45) is 1.81. The summed E-state index contributed by atoms with van der Waals surface area (Å²) in [4.78, 5) is 9.57. The Bertz CT molecular complexity index is 856. The van der Waals surface area contributed by atoms with E-state index >= 15 is 0 Å². The van der Waals surface area contributed by atoms with E-state index in [2.05, 4.69) is 4.98 Å². The van der Waals surface area contributed by atoms with Gasteiger partial charge in [0.25, 0.3) is 0 Å². The largest absolute Gasteiger partial charge is 0.497 e. The van der Waals surface area contributed by atoms with E-state index in [4.69, 9.17) is 27.7 Å². The predicted molar refractivity (Wildman–Crippen MR) is 91.0 cm³/mol. The van der Waals surface area contributed by atoms with E-state index in [1.807, 2.05) is 48.0 Å². The highest BCUT2D eigenvalue weighted by molar-refractivity contribution is 7.80. The lowest BCUT2D eigenvalue weighted by Gasteiger charge is -2.08. The van der Waals surface area contributed by atoms with Gasteiger partial charge in [0.05, 0.1) is 18.6 Å². The van der Waals surface area contributed by atoms with Gasteiger partial charge in [0.2, 0.25) is 0 Å². The minimum Gasteiger partial charge on any atom is -0.497 e. The van der Waals surface area contributed by atoms with Crippen molar-refractivity contribution in [3.63, 3.8) is 0 Å². The fourth-order valence-corrected chi connectivity index (χ4v) is 2.53. The number of nitrogens with zero attached hydrogens (tertiary/aromatic N) is 3. The highest BCUT2D eigenvalue weighted by atomic mass is 32.1. The highest BCUT2D eigenvalue weighted by Gasteiger charge is 2.15. The number of aromatic nitrogens is 3. The van der Waals surface area contributed by atoms with Gasteiger partial charge in [0.15, 0.2) is 5.65 Å². The number of benzene rings is 1. The smallest absolute Gasteiger partial charge is 0.160 e. The van der Waals surface area contributed by atoms with E-state index in [1.54, 1.807) is 7.11 Å². The van der Waals surface area contributed by atoms with Crippen molar-refractivity contribution >= 4 is 28.4 Å². The van der Waals surface area contributed by atoms with Gasteiger partial charge in [0.1, 0.15) is 17.1 Å². The topological polar surface area (TPSA) is 66.0 Å². The standard InChI is InChI=1S/C16H16N4OS/c1-10-6-13-16(18-8-10)20(9-14(17)22)15(19-13)11-4-3-5-12(7-11)21-2/h3-8H,9H2,1-2H3,(H2,17,22). The molecule has 3 aromatic rings. The summed E-state index contributed by atoms with van der Waals surface area (Å²) in [6, 6.07) is 9.74.